The summed E-state index contributed by atoms with van der Waals surface area (Å²) in [5.41, 5.74) is 0.685. The molecule has 4 N–H and O–H groups in total. The lowest BCUT2D eigenvalue weighted by Crippen LogP contribution is -2.21. The molecule has 7 heteroatoms. The van der Waals surface area contributed by atoms with Crippen LogP contribution < -0.4 is 15.2 Å². The van der Waals surface area contributed by atoms with Gasteiger partial charge >= 0.3 is 0 Å². The Morgan fingerprint density at radius 3 is 2.65 bits per heavy atom. The molecule has 6 nitrogen and oxygen atoms in total. The highest BCUT2D eigenvalue weighted by molar-refractivity contribution is 7.90. The minimum atomic E-state index is -3.83. The molecule has 0 saturated carbocycles. The number of carbonyl (C=O) groups excluding carboxylic acids is 1. The van der Waals surface area contributed by atoms with Crippen LogP contribution in [0.15, 0.2) is 24.3 Å². The van der Waals surface area contributed by atoms with Crippen LogP contribution in [0, 0.1) is 12.3 Å². The Labute approximate surface area is 99.4 Å². The fraction of sp³-hybridized carbons (Fsp3) is 0.100. The average molecular weight is 253 g/mol. The van der Waals surface area contributed by atoms with Crippen LogP contribution in [-0.4, -0.2) is 14.3 Å². The van der Waals surface area contributed by atoms with E-state index in [9.17, 15) is 13.2 Å². The van der Waals surface area contributed by atoms with Gasteiger partial charge in [-0.15, -0.1) is 6.42 Å². The van der Waals surface area contributed by atoms with E-state index in [1.807, 2.05) is 0 Å². The molecule has 17 heavy (non-hydrogen) atoms. The summed E-state index contributed by atoms with van der Waals surface area (Å²) in [6.45, 7) is 0. The maximum absolute atomic E-state index is 11.2. The number of nitrogens with two attached hydrogens (primary N) is 1. The Morgan fingerprint density at radius 2 is 2.06 bits per heavy atom. The first-order valence-corrected chi connectivity index (χ1v) is 6.09. The molecule has 0 unspecified atom stereocenters. The van der Waals surface area contributed by atoms with Crippen LogP contribution in [0.25, 0.3) is 0 Å². The molecule has 1 aromatic carbocycles. The smallest absolute Gasteiger partial charge is 0.296 e. The first-order valence-electron chi connectivity index (χ1n) is 4.54. The molecule has 0 aliphatic heterocycles. The van der Waals surface area contributed by atoms with Crippen molar-refractivity contribution in [3.05, 3.63) is 24.3 Å². The zero-order chi connectivity index (χ0) is 12.9. The van der Waals surface area contributed by atoms with Gasteiger partial charge in [0.1, 0.15) is 0 Å². The summed E-state index contributed by atoms with van der Waals surface area (Å²) < 4.78 is 23.7. The molecule has 0 spiro atoms. The van der Waals surface area contributed by atoms with E-state index < -0.39 is 10.2 Å². The molecule has 0 radical (unpaired) electrons. The first kappa shape index (κ1) is 13.0. The molecule has 0 heterocycles. The molecule has 1 amide bonds. The lowest BCUT2D eigenvalue weighted by atomic mass is 10.3. The molecule has 0 fully saturated rings. The maximum Gasteiger partial charge on any atom is 0.296 e. The molecule has 0 saturated heterocycles. The van der Waals surface area contributed by atoms with Crippen LogP contribution in [-0.2, 0) is 15.0 Å². The van der Waals surface area contributed by atoms with Gasteiger partial charge in [-0.3, -0.25) is 9.52 Å². The van der Waals surface area contributed by atoms with E-state index in [1.54, 1.807) is 12.1 Å². The van der Waals surface area contributed by atoms with Crippen LogP contribution in [0.5, 0.6) is 0 Å². The van der Waals surface area contributed by atoms with Crippen LogP contribution in [0.1, 0.15) is 6.42 Å². The Hall–Kier alpha value is -2.04. The van der Waals surface area contributed by atoms with Crippen LogP contribution in [0.3, 0.4) is 0 Å². The van der Waals surface area contributed by atoms with Gasteiger partial charge in [-0.25, -0.2) is 5.14 Å². The molecule has 1 aromatic rings. The van der Waals surface area contributed by atoms with Gasteiger partial charge in [0.05, 0.1) is 12.1 Å². The minimum absolute atomic E-state index is 0.0488. The second-order valence-electron chi connectivity index (χ2n) is 3.16. The van der Waals surface area contributed by atoms with E-state index in [-0.39, 0.29) is 18.0 Å². The molecule has 0 atom stereocenters. The number of benzene rings is 1. The predicted octanol–water partition coefficient (Wildman–Crippen LogP) is 0.264. The van der Waals surface area contributed by atoms with Crippen molar-refractivity contribution in [2.24, 2.45) is 5.14 Å². The summed E-state index contributed by atoms with van der Waals surface area (Å²) in [5.74, 6) is 1.85. The average Bonchev–Trinajstić information content (AvgIpc) is 2.15. The number of amides is 1. The third-order valence-corrected chi connectivity index (χ3v) is 2.19. The van der Waals surface area contributed by atoms with Crippen LogP contribution in [0.2, 0.25) is 0 Å². The molecular formula is C10H11N3O3S. The molecule has 0 aliphatic rings. The van der Waals surface area contributed by atoms with Gasteiger partial charge in [0.2, 0.25) is 5.91 Å². The fourth-order valence-electron chi connectivity index (χ4n) is 1.12. The molecule has 0 aromatic heterocycles. The third kappa shape index (κ3) is 5.01. The van der Waals surface area contributed by atoms with E-state index in [4.69, 9.17) is 11.6 Å². The predicted molar refractivity (Wildman–Crippen MR) is 65.3 cm³/mol. The second-order valence-corrected chi connectivity index (χ2v) is 4.45. The highest BCUT2D eigenvalue weighted by Gasteiger charge is 2.04. The van der Waals surface area contributed by atoms with Gasteiger partial charge in [0.15, 0.2) is 0 Å². The summed E-state index contributed by atoms with van der Waals surface area (Å²) in [6, 6.07) is 6.10. The number of hydrogen-bond donors (Lipinski definition) is 3. The topological polar surface area (TPSA) is 101 Å². The SMILES string of the molecule is C#CCC(=O)Nc1cccc(NS(N)(=O)=O)c1. The van der Waals surface area contributed by atoms with Gasteiger partial charge in [0.25, 0.3) is 10.2 Å². The Bertz CT molecular complexity index is 560. The largest absolute Gasteiger partial charge is 0.325 e. The number of terminal acetylenes is 1. The van der Waals surface area contributed by atoms with Crippen LogP contribution >= 0.6 is 0 Å². The van der Waals surface area contributed by atoms with E-state index in [2.05, 4.69) is 16.0 Å². The molecule has 0 bridgehead atoms. The fourth-order valence-corrected chi connectivity index (χ4v) is 1.58. The van der Waals surface area contributed by atoms with E-state index in [0.717, 1.165) is 0 Å². The zero-order valence-corrected chi connectivity index (χ0v) is 9.62. The highest BCUT2D eigenvalue weighted by Crippen LogP contribution is 2.15. The van der Waals surface area contributed by atoms with Crippen molar-refractivity contribution in [2.45, 2.75) is 6.42 Å². The van der Waals surface area contributed by atoms with Crippen molar-refractivity contribution in [3.8, 4) is 12.3 Å². The third-order valence-electron chi connectivity index (χ3n) is 1.67. The van der Waals surface area contributed by atoms with Gasteiger partial charge in [-0.1, -0.05) is 12.0 Å². The van der Waals surface area contributed by atoms with Gasteiger partial charge in [0, 0.05) is 5.69 Å². The Morgan fingerprint density at radius 1 is 1.41 bits per heavy atom. The highest BCUT2D eigenvalue weighted by atomic mass is 32.2. The van der Waals surface area contributed by atoms with Crippen molar-refractivity contribution in [3.63, 3.8) is 0 Å². The number of hydrogen-bond acceptors (Lipinski definition) is 3. The molecule has 90 valence electrons. The number of anilines is 2. The maximum atomic E-state index is 11.2. The van der Waals surface area contributed by atoms with Crippen molar-refractivity contribution < 1.29 is 13.2 Å². The van der Waals surface area contributed by atoms with Crippen molar-refractivity contribution >= 4 is 27.5 Å². The first-order chi connectivity index (χ1) is 7.90. The summed E-state index contributed by atoms with van der Waals surface area (Å²) in [4.78, 5) is 11.2. The van der Waals surface area contributed by atoms with Crippen molar-refractivity contribution in [2.75, 3.05) is 10.0 Å². The number of rotatable bonds is 4. The van der Waals surface area contributed by atoms with Crippen molar-refractivity contribution in [1.82, 2.24) is 0 Å². The summed E-state index contributed by atoms with van der Waals surface area (Å²) in [6.07, 6.45) is 4.93. The Balaban J connectivity index is 2.80. The quantitative estimate of drug-likeness (QED) is 0.671. The molecule has 1 rings (SSSR count). The van der Waals surface area contributed by atoms with Crippen molar-refractivity contribution in [1.29, 1.82) is 0 Å². The van der Waals surface area contributed by atoms with E-state index in [1.165, 1.54) is 12.1 Å². The second kappa shape index (κ2) is 5.34. The van der Waals surface area contributed by atoms with E-state index >= 15 is 0 Å². The van der Waals surface area contributed by atoms with E-state index in [0.29, 0.717) is 5.69 Å². The Kier molecular flexibility index (Phi) is 4.09. The zero-order valence-electron chi connectivity index (χ0n) is 8.80. The molecular weight excluding hydrogens is 242 g/mol. The standard InChI is InChI=1S/C10H11N3O3S/c1-2-4-10(14)12-8-5-3-6-9(7-8)13-17(11,15)16/h1,3,5-7,13H,4H2,(H,12,14)(H2,11,15,16). The van der Waals surface area contributed by atoms with Gasteiger partial charge in [-0.2, -0.15) is 8.42 Å². The lowest BCUT2D eigenvalue weighted by Gasteiger charge is -2.07. The van der Waals surface area contributed by atoms with Crippen LogP contribution in [0.4, 0.5) is 11.4 Å². The summed E-state index contributed by atoms with van der Waals surface area (Å²) in [7, 11) is -3.83. The van der Waals surface area contributed by atoms with Gasteiger partial charge < -0.3 is 5.32 Å². The van der Waals surface area contributed by atoms with Gasteiger partial charge in [-0.05, 0) is 18.2 Å². The monoisotopic (exact) mass is 253 g/mol. The normalized spacial score (nSPS) is 10.4. The minimum Gasteiger partial charge on any atom is -0.325 e. The number of carbonyl (C=O) groups is 1. The summed E-state index contributed by atoms with van der Waals surface area (Å²) >= 11 is 0. The number of nitrogens with one attached hydrogen (secondary N) is 2. The summed E-state index contributed by atoms with van der Waals surface area (Å²) in [5, 5.41) is 7.33. The lowest BCUT2D eigenvalue weighted by molar-refractivity contribution is -0.115. The molecule has 0 aliphatic carbocycles.